The van der Waals surface area contributed by atoms with Crippen molar-refractivity contribution >= 4 is 11.7 Å². The molecule has 2 aromatic heterocycles. The number of carbonyl (C=O) groups is 1. The first kappa shape index (κ1) is 20.7. The van der Waals surface area contributed by atoms with Crippen molar-refractivity contribution in [2.24, 2.45) is 0 Å². The molecule has 1 fully saturated rings. The van der Waals surface area contributed by atoms with Gasteiger partial charge >= 0.3 is 0 Å². The zero-order valence-corrected chi connectivity index (χ0v) is 17.3. The van der Waals surface area contributed by atoms with E-state index >= 15 is 0 Å². The van der Waals surface area contributed by atoms with Gasteiger partial charge in [-0.3, -0.25) is 9.59 Å². The van der Waals surface area contributed by atoms with Crippen LogP contribution in [-0.4, -0.2) is 44.9 Å². The maximum absolute atomic E-state index is 13.9. The van der Waals surface area contributed by atoms with Gasteiger partial charge < -0.3 is 15.2 Å². The lowest BCUT2D eigenvalue weighted by Gasteiger charge is -2.32. The van der Waals surface area contributed by atoms with Crippen LogP contribution in [0.25, 0.3) is 11.4 Å². The zero-order chi connectivity index (χ0) is 21.8. The minimum Gasteiger partial charge on any atom is -0.367 e. The van der Waals surface area contributed by atoms with E-state index in [0.717, 1.165) is 29.9 Å². The Kier molecular flexibility index (Phi) is 6.06. The van der Waals surface area contributed by atoms with Crippen LogP contribution in [-0.2, 0) is 6.42 Å². The number of piperidine rings is 1. The van der Waals surface area contributed by atoms with E-state index < -0.39 is 5.82 Å². The summed E-state index contributed by atoms with van der Waals surface area (Å²) < 4.78 is 13.9. The molecule has 0 aliphatic carbocycles. The second-order valence-electron chi connectivity index (χ2n) is 7.56. The molecule has 160 valence electrons. The average molecular weight is 421 g/mol. The number of H-pyrrole nitrogens is 1. The number of aromatic nitrogens is 3. The summed E-state index contributed by atoms with van der Waals surface area (Å²) in [4.78, 5) is 37.6. The molecule has 1 aromatic carbocycles. The summed E-state index contributed by atoms with van der Waals surface area (Å²) in [5.41, 5.74) is 1.41. The quantitative estimate of drug-likeness (QED) is 0.660. The van der Waals surface area contributed by atoms with Gasteiger partial charge in [0, 0.05) is 42.7 Å². The highest BCUT2D eigenvalue weighted by molar-refractivity contribution is 5.94. The number of benzene rings is 1. The number of nitrogens with one attached hydrogen (secondary N) is 2. The lowest BCUT2D eigenvalue weighted by Crippen LogP contribution is -2.42. The maximum atomic E-state index is 13.9. The Balaban J connectivity index is 1.36. The smallest absolute Gasteiger partial charge is 0.256 e. The minimum absolute atomic E-state index is 0.116. The summed E-state index contributed by atoms with van der Waals surface area (Å²) in [7, 11) is 0. The number of anilines is 1. The molecule has 1 amide bonds. The Morgan fingerprint density at radius 3 is 2.68 bits per heavy atom. The van der Waals surface area contributed by atoms with Crippen molar-refractivity contribution in [3.8, 4) is 11.4 Å². The number of likely N-dealkylation sites (tertiary alicyclic amines) is 1. The maximum Gasteiger partial charge on any atom is 0.256 e. The van der Waals surface area contributed by atoms with Gasteiger partial charge in [0.15, 0.2) is 0 Å². The number of pyridine rings is 1. The third-order valence-corrected chi connectivity index (χ3v) is 5.43. The van der Waals surface area contributed by atoms with Gasteiger partial charge in [-0.25, -0.2) is 14.4 Å². The van der Waals surface area contributed by atoms with Crippen LogP contribution in [0.4, 0.5) is 10.2 Å². The van der Waals surface area contributed by atoms with Crippen LogP contribution in [0, 0.1) is 5.82 Å². The van der Waals surface area contributed by atoms with E-state index in [0.29, 0.717) is 25.3 Å². The zero-order valence-electron chi connectivity index (χ0n) is 17.3. The van der Waals surface area contributed by atoms with Gasteiger partial charge in [0.2, 0.25) is 0 Å². The number of amides is 1. The highest BCUT2D eigenvalue weighted by Crippen LogP contribution is 2.20. The Bertz CT molecular complexity index is 1120. The van der Waals surface area contributed by atoms with Gasteiger partial charge in [0.1, 0.15) is 17.5 Å². The second kappa shape index (κ2) is 9.07. The van der Waals surface area contributed by atoms with Crippen LogP contribution in [0.2, 0.25) is 0 Å². The summed E-state index contributed by atoms with van der Waals surface area (Å²) in [5, 5.41) is 3.39. The lowest BCUT2D eigenvalue weighted by atomic mass is 10.0. The molecule has 1 saturated heterocycles. The van der Waals surface area contributed by atoms with Gasteiger partial charge in [-0.2, -0.15) is 0 Å². The molecule has 1 aliphatic rings. The topological polar surface area (TPSA) is 91.0 Å². The fourth-order valence-electron chi connectivity index (χ4n) is 3.69. The molecule has 2 N–H and O–H groups in total. The van der Waals surface area contributed by atoms with Gasteiger partial charge in [-0.1, -0.05) is 19.1 Å². The van der Waals surface area contributed by atoms with Crippen LogP contribution in [0.1, 0.15) is 35.8 Å². The number of carbonyl (C=O) groups excluding carboxylic acids is 1. The van der Waals surface area contributed by atoms with Crippen LogP contribution < -0.4 is 10.9 Å². The monoisotopic (exact) mass is 421 g/mol. The molecule has 1 aliphatic heterocycles. The Morgan fingerprint density at radius 2 is 2.00 bits per heavy atom. The van der Waals surface area contributed by atoms with E-state index in [9.17, 15) is 14.0 Å². The van der Waals surface area contributed by atoms with E-state index in [-0.39, 0.29) is 23.1 Å². The molecule has 3 heterocycles. The fourth-order valence-corrected chi connectivity index (χ4v) is 3.69. The van der Waals surface area contributed by atoms with Crippen LogP contribution in [0.5, 0.6) is 0 Å². The molecule has 31 heavy (non-hydrogen) atoms. The normalized spacial score (nSPS) is 14.5. The van der Waals surface area contributed by atoms with Crippen molar-refractivity contribution in [1.82, 2.24) is 19.9 Å². The highest BCUT2D eigenvalue weighted by atomic mass is 19.1. The van der Waals surface area contributed by atoms with Crippen LogP contribution in [0.3, 0.4) is 0 Å². The number of rotatable bonds is 5. The molecule has 0 spiro atoms. The number of aryl methyl sites for hydroxylation is 1. The van der Waals surface area contributed by atoms with Crippen molar-refractivity contribution in [3.63, 3.8) is 0 Å². The molecule has 3 aromatic rings. The Hall–Kier alpha value is -3.55. The first-order chi connectivity index (χ1) is 15.0. The number of hydrogen-bond acceptors (Lipinski definition) is 5. The summed E-state index contributed by atoms with van der Waals surface area (Å²) >= 11 is 0. The minimum atomic E-state index is -0.489. The SMILES string of the molecule is CCc1cc(=O)[nH]c(-c2ccc(NC3CCN(C(=O)c4ccccc4F)CC3)nc2)n1. The Morgan fingerprint density at radius 1 is 1.23 bits per heavy atom. The number of aromatic amines is 1. The van der Waals surface area contributed by atoms with Crippen molar-refractivity contribution in [2.75, 3.05) is 18.4 Å². The van der Waals surface area contributed by atoms with E-state index in [1.165, 1.54) is 18.2 Å². The van der Waals surface area contributed by atoms with Crippen molar-refractivity contribution in [1.29, 1.82) is 0 Å². The molecular weight excluding hydrogens is 397 g/mol. The number of hydrogen-bond donors (Lipinski definition) is 2. The molecule has 0 radical (unpaired) electrons. The number of halogens is 1. The molecular formula is C23H24FN5O2. The second-order valence-corrected chi connectivity index (χ2v) is 7.56. The van der Waals surface area contributed by atoms with Crippen LogP contribution >= 0.6 is 0 Å². The Labute approximate surface area is 179 Å². The summed E-state index contributed by atoms with van der Waals surface area (Å²) in [5.74, 6) is 0.465. The molecule has 0 saturated carbocycles. The highest BCUT2D eigenvalue weighted by Gasteiger charge is 2.25. The van der Waals surface area contributed by atoms with Gasteiger partial charge in [0.05, 0.1) is 5.56 Å². The summed E-state index contributed by atoms with van der Waals surface area (Å²) in [6, 6.07) is 11.5. The van der Waals surface area contributed by atoms with Crippen LogP contribution in [0.15, 0.2) is 53.5 Å². The third kappa shape index (κ3) is 4.79. The predicted octanol–water partition coefficient (Wildman–Crippen LogP) is 3.25. The lowest BCUT2D eigenvalue weighted by molar-refractivity contribution is 0.0713. The molecule has 0 atom stereocenters. The van der Waals surface area contributed by atoms with Gasteiger partial charge in [-0.05, 0) is 43.5 Å². The van der Waals surface area contributed by atoms with Crippen molar-refractivity contribution in [3.05, 3.63) is 76.1 Å². The summed E-state index contributed by atoms with van der Waals surface area (Å²) in [6.07, 6.45) is 3.85. The average Bonchev–Trinajstić information content (AvgIpc) is 2.79. The largest absolute Gasteiger partial charge is 0.367 e. The fraction of sp³-hybridized carbons (Fsp3) is 0.304. The first-order valence-corrected chi connectivity index (χ1v) is 10.4. The van der Waals surface area contributed by atoms with E-state index in [2.05, 4.69) is 20.3 Å². The van der Waals surface area contributed by atoms with E-state index in [1.807, 2.05) is 19.1 Å². The van der Waals surface area contributed by atoms with E-state index in [4.69, 9.17) is 0 Å². The van der Waals surface area contributed by atoms with Crippen molar-refractivity contribution in [2.45, 2.75) is 32.2 Å². The van der Waals surface area contributed by atoms with Crippen molar-refractivity contribution < 1.29 is 9.18 Å². The number of nitrogens with zero attached hydrogens (tertiary/aromatic N) is 3. The standard InChI is InChI=1S/C23H24FN5O2/c1-2-16-13-21(30)28-22(27-16)15-7-8-20(25-14-15)26-17-9-11-29(12-10-17)23(31)18-5-3-4-6-19(18)24/h3-8,13-14,17H,2,9-12H2,1H3,(H,25,26)(H,27,28,30). The summed E-state index contributed by atoms with van der Waals surface area (Å²) in [6.45, 7) is 3.06. The molecule has 4 rings (SSSR count). The first-order valence-electron chi connectivity index (χ1n) is 10.4. The predicted molar refractivity (Wildman–Crippen MR) is 116 cm³/mol. The molecule has 7 nitrogen and oxygen atoms in total. The van der Waals surface area contributed by atoms with Gasteiger partial charge in [-0.15, -0.1) is 0 Å². The molecule has 8 heteroatoms. The van der Waals surface area contributed by atoms with E-state index in [1.54, 1.807) is 23.2 Å². The molecule has 0 bridgehead atoms. The third-order valence-electron chi connectivity index (χ3n) is 5.43. The van der Waals surface area contributed by atoms with Gasteiger partial charge in [0.25, 0.3) is 11.5 Å². The molecule has 0 unspecified atom stereocenters.